The molecule has 0 aliphatic carbocycles. The quantitative estimate of drug-likeness (QED) is 0.674. The smallest absolute Gasteiger partial charge is 0.290 e. The van der Waals surface area contributed by atoms with E-state index >= 15 is 0 Å². The van der Waals surface area contributed by atoms with E-state index in [0.717, 1.165) is 22.3 Å². The number of aryl methyl sites for hydroxylation is 1. The molecule has 1 aliphatic heterocycles. The van der Waals surface area contributed by atoms with Crippen LogP contribution in [0.3, 0.4) is 0 Å². The molecule has 2 aromatic carbocycles. The maximum atomic E-state index is 13.0. The lowest BCUT2D eigenvalue weighted by atomic mass is 9.93. The molecule has 0 saturated carbocycles. The maximum Gasteiger partial charge on any atom is 0.290 e. The molecule has 1 N–H and O–H groups in total. The average molecular weight is 391 g/mol. The molecule has 1 atom stereocenters. The molecule has 0 spiro atoms. The Morgan fingerprint density at radius 2 is 1.79 bits per heavy atom. The number of aliphatic hydroxyl groups excluding tert-OH is 1. The Balaban J connectivity index is 1.81. The van der Waals surface area contributed by atoms with Gasteiger partial charge in [-0.15, -0.1) is 0 Å². The monoisotopic (exact) mass is 390 g/mol. The van der Waals surface area contributed by atoms with Crippen molar-refractivity contribution in [3.63, 3.8) is 0 Å². The number of benzene rings is 2. The lowest BCUT2D eigenvalue weighted by Gasteiger charge is -2.27. The van der Waals surface area contributed by atoms with Crippen molar-refractivity contribution in [1.82, 2.24) is 9.88 Å². The number of aliphatic hydroxyl groups is 1. The van der Waals surface area contributed by atoms with Gasteiger partial charge in [0.25, 0.3) is 5.91 Å². The van der Waals surface area contributed by atoms with Gasteiger partial charge in [0.1, 0.15) is 0 Å². The number of rotatable bonds is 4. The van der Waals surface area contributed by atoms with Crippen molar-refractivity contribution in [3.05, 3.63) is 106 Å². The molecule has 0 fully saturated rings. The SMILES string of the molecule is Cc1ccc(C2=C(O)C(=O)N(Cc3cccnc3)[C@@H]2c2ccc(Cl)cc2)cc1. The first-order valence-corrected chi connectivity index (χ1v) is 9.38. The standard InChI is InChI=1S/C23H19ClN2O2/c1-15-4-6-17(7-5-15)20-21(18-8-10-19(24)11-9-18)26(23(28)22(20)27)14-16-3-2-12-25-13-16/h2-13,21,27H,14H2,1H3/t21-/m1/s1. The summed E-state index contributed by atoms with van der Waals surface area (Å²) in [5.74, 6) is -0.605. The predicted octanol–water partition coefficient (Wildman–Crippen LogP) is 5.10. The van der Waals surface area contributed by atoms with Crippen molar-refractivity contribution in [2.24, 2.45) is 0 Å². The third-order valence-electron chi connectivity index (χ3n) is 4.93. The first-order valence-electron chi connectivity index (χ1n) is 9.00. The van der Waals surface area contributed by atoms with Crippen molar-refractivity contribution in [2.75, 3.05) is 0 Å². The van der Waals surface area contributed by atoms with E-state index in [1.807, 2.05) is 55.5 Å². The molecule has 140 valence electrons. The highest BCUT2D eigenvalue weighted by Crippen LogP contribution is 2.43. The molecule has 0 radical (unpaired) electrons. The fourth-order valence-corrected chi connectivity index (χ4v) is 3.65. The first kappa shape index (κ1) is 18.3. The van der Waals surface area contributed by atoms with Gasteiger partial charge in [0.05, 0.1) is 6.04 Å². The first-order chi connectivity index (χ1) is 13.5. The zero-order valence-corrected chi connectivity index (χ0v) is 16.1. The van der Waals surface area contributed by atoms with Crippen LogP contribution in [0.1, 0.15) is 28.3 Å². The Morgan fingerprint density at radius 1 is 1.07 bits per heavy atom. The minimum Gasteiger partial charge on any atom is -0.503 e. The summed E-state index contributed by atoms with van der Waals surface area (Å²) in [6.07, 6.45) is 3.42. The molecule has 3 aromatic rings. The molecule has 0 bridgehead atoms. The van der Waals surface area contributed by atoms with E-state index < -0.39 is 6.04 Å². The molecule has 1 amide bonds. The van der Waals surface area contributed by atoms with Crippen LogP contribution in [0.2, 0.25) is 5.02 Å². The van der Waals surface area contributed by atoms with Gasteiger partial charge in [-0.2, -0.15) is 0 Å². The Labute approximate surface area is 168 Å². The normalized spacial score (nSPS) is 16.7. The predicted molar refractivity (Wildman–Crippen MR) is 110 cm³/mol. The number of carbonyl (C=O) groups is 1. The van der Waals surface area contributed by atoms with Crippen LogP contribution in [0.5, 0.6) is 0 Å². The molecule has 2 heterocycles. The summed E-state index contributed by atoms with van der Waals surface area (Å²) in [6.45, 7) is 2.35. The van der Waals surface area contributed by atoms with Crippen LogP contribution in [0.25, 0.3) is 5.57 Å². The van der Waals surface area contributed by atoms with E-state index in [4.69, 9.17) is 11.6 Å². The fraction of sp³-hybridized carbons (Fsp3) is 0.130. The maximum absolute atomic E-state index is 13.0. The third-order valence-corrected chi connectivity index (χ3v) is 5.18. The Morgan fingerprint density at radius 3 is 2.43 bits per heavy atom. The largest absolute Gasteiger partial charge is 0.503 e. The summed E-state index contributed by atoms with van der Waals surface area (Å²) in [5.41, 5.74) is 4.33. The van der Waals surface area contributed by atoms with E-state index in [1.54, 1.807) is 29.4 Å². The van der Waals surface area contributed by atoms with Crippen molar-refractivity contribution in [3.8, 4) is 0 Å². The van der Waals surface area contributed by atoms with Gasteiger partial charge in [0, 0.05) is 29.5 Å². The highest BCUT2D eigenvalue weighted by Gasteiger charge is 2.40. The summed E-state index contributed by atoms with van der Waals surface area (Å²) >= 11 is 6.06. The summed E-state index contributed by atoms with van der Waals surface area (Å²) < 4.78 is 0. The van der Waals surface area contributed by atoms with E-state index in [0.29, 0.717) is 17.1 Å². The van der Waals surface area contributed by atoms with Crippen molar-refractivity contribution < 1.29 is 9.90 Å². The van der Waals surface area contributed by atoms with Crippen LogP contribution in [0.4, 0.5) is 0 Å². The van der Waals surface area contributed by atoms with E-state index in [-0.39, 0.29) is 11.7 Å². The average Bonchev–Trinajstić information content (AvgIpc) is 2.95. The highest BCUT2D eigenvalue weighted by molar-refractivity contribution is 6.30. The van der Waals surface area contributed by atoms with Crippen LogP contribution in [0, 0.1) is 6.92 Å². The number of halogens is 1. The van der Waals surface area contributed by atoms with Gasteiger partial charge in [0.2, 0.25) is 0 Å². The number of hydrogen-bond donors (Lipinski definition) is 1. The van der Waals surface area contributed by atoms with Gasteiger partial charge in [-0.25, -0.2) is 0 Å². The summed E-state index contributed by atoms with van der Waals surface area (Å²) in [6, 6.07) is 18.5. The molecule has 1 aliphatic rings. The lowest BCUT2D eigenvalue weighted by molar-refractivity contribution is -0.130. The van der Waals surface area contributed by atoms with Crippen molar-refractivity contribution >= 4 is 23.1 Å². The minimum atomic E-state index is -0.410. The van der Waals surface area contributed by atoms with Crippen LogP contribution < -0.4 is 0 Å². The van der Waals surface area contributed by atoms with Gasteiger partial charge in [-0.3, -0.25) is 9.78 Å². The number of amides is 1. The summed E-state index contributed by atoms with van der Waals surface area (Å²) in [5, 5.41) is 11.4. The number of aromatic nitrogens is 1. The zero-order valence-electron chi connectivity index (χ0n) is 15.3. The zero-order chi connectivity index (χ0) is 19.7. The van der Waals surface area contributed by atoms with Crippen molar-refractivity contribution in [2.45, 2.75) is 19.5 Å². The lowest BCUT2D eigenvalue weighted by Crippen LogP contribution is -2.29. The number of pyridine rings is 1. The highest BCUT2D eigenvalue weighted by atomic mass is 35.5. The Bertz CT molecular complexity index is 1030. The Kier molecular flexibility index (Phi) is 4.88. The van der Waals surface area contributed by atoms with Crippen molar-refractivity contribution in [1.29, 1.82) is 0 Å². The molecule has 28 heavy (non-hydrogen) atoms. The van der Waals surface area contributed by atoms with E-state index in [1.165, 1.54) is 0 Å². The second kappa shape index (κ2) is 7.49. The van der Waals surface area contributed by atoms with E-state index in [9.17, 15) is 9.90 Å². The second-order valence-electron chi connectivity index (χ2n) is 6.88. The summed E-state index contributed by atoms with van der Waals surface area (Å²) in [7, 11) is 0. The van der Waals surface area contributed by atoms with Crippen LogP contribution in [-0.2, 0) is 11.3 Å². The summed E-state index contributed by atoms with van der Waals surface area (Å²) in [4.78, 5) is 18.8. The molecule has 1 aromatic heterocycles. The van der Waals surface area contributed by atoms with Crippen LogP contribution >= 0.6 is 11.6 Å². The topological polar surface area (TPSA) is 53.4 Å². The molecular formula is C23H19ClN2O2. The van der Waals surface area contributed by atoms with E-state index in [2.05, 4.69) is 4.98 Å². The van der Waals surface area contributed by atoms with Gasteiger partial charge in [-0.1, -0.05) is 59.6 Å². The number of nitrogens with zero attached hydrogens (tertiary/aromatic N) is 2. The second-order valence-corrected chi connectivity index (χ2v) is 7.31. The molecule has 4 nitrogen and oxygen atoms in total. The third kappa shape index (κ3) is 3.39. The Hall–Kier alpha value is -3.11. The van der Waals surface area contributed by atoms with Crippen LogP contribution in [0.15, 0.2) is 78.8 Å². The molecular weight excluding hydrogens is 372 g/mol. The molecule has 5 heteroatoms. The molecule has 0 saturated heterocycles. The van der Waals surface area contributed by atoms with Gasteiger partial charge in [0.15, 0.2) is 5.76 Å². The van der Waals surface area contributed by atoms with Gasteiger partial charge in [-0.05, 0) is 41.8 Å². The van der Waals surface area contributed by atoms with Gasteiger partial charge >= 0.3 is 0 Å². The van der Waals surface area contributed by atoms with Gasteiger partial charge < -0.3 is 10.0 Å². The minimum absolute atomic E-state index is 0.215. The fourth-order valence-electron chi connectivity index (χ4n) is 3.52. The number of hydrogen-bond acceptors (Lipinski definition) is 3. The van der Waals surface area contributed by atoms with Crippen LogP contribution in [-0.4, -0.2) is 20.9 Å². The molecule has 4 rings (SSSR count). The number of carbonyl (C=O) groups excluding carboxylic acids is 1. The molecule has 0 unspecified atom stereocenters.